The molecule has 1 saturated heterocycles. The van der Waals surface area contributed by atoms with E-state index in [1.807, 2.05) is 4.90 Å². The molecule has 0 atom stereocenters. The minimum Gasteiger partial charge on any atom is -0.331 e. The SMILES string of the molecule is C.CC(C)C1CC2(C1)CN(C(=O)C#CC1CC1)C2. The summed E-state index contributed by atoms with van der Waals surface area (Å²) >= 11 is 0. The van der Waals surface area contributed by atoms with Crippen molar-refractivity contribution in [3.05, 3.63) is 0 Å². The van der Waals surface area contributed by atoms with Crippen LogP contribution in [0.3, 0.4) is 0 Å². The first-order valence-corrected chi connectivity index (χ1v) is 6.88. The molecule has 1 amide bonds. The van der Waals surface area contributed by atoms with Gasteiger partial charge in [0.15, 0.2) is 0 Å². The van der Waals surface area contributed by atoms with Gasteiger partial charge in [0.1, 0.15) is 0 Å². The molecule has 0 aromatic heterocycles. The van der Waals surface area contributed by atoms with Gasteiger partial charge in [0.05, 0.1) is 0 Å². The van der Waals surface area contributed by atoms with Crippen molar-refractivity contribution >= 4 is 5.91 Å². The van der Waals surface area contributed by atoms with Gasteiger partial charge in [0.2, 0.25) is 0 Å². The highest BCUT2D eigenvalue weighted by atomic mass is 16.2. The Hall–Kier alpha value is -0.970. The van der Waals surface area contributed by atoms with Gasteiger partial charge in [-0.25, -0.2) is 0 Å². The van der Waals surface area contributed by atoms with E-state index >= 15 is 0 Å². The van der Waals surface area contributed by atoms with E-state index in [1.165, 1.54) is 25.7 Å². The first-order chi connectivity index (χ1) is 8.08. The molecule has 2 nitrogen and oxygen atoms in total. The van der Waals surface area contributed by atoms with Crippen LogP contribution in [-0.2, 0) is 4.79 Å². The van der Waals surface area contributed by atoms with Crippen molar-refractivity contribution in [1.29, 1.82) is 0 Å². The number of hydrogen-bond donors (Lipinski definition) is 0. The molecule has 0 N–H and O–H groups in total. The molecule has 2 saturated carbocycles. The zero-order valence-corrected chi connectivity index (χ0v) is 10.8. The van der Waals surface area contributed by atoms with Crippen molar-refractivity contribution in [2.24, 2.45) is 23.2 Å². The van der Waals surface area contributed by atoms with Crippen LogP contribution in [0.15, 0.2) is 0 Å². The molecule has 2 aliphatic carbocycles. The van der Waals surface area contributed by atoms with E-state index in [1.54, 1.807) is 0 Å². The average molecular weight is 247 g/mol. The van der Waals surface area contributed by atoms with Crippen molar-refractivity contribution in [2.45, 2.75) is 47.0 Å². The van der Waals surface area contributed by atoms with Gasteiger partial charge < -0.3 is 4.90 Å². The lowest BCUT2D eigenvalue weighted by molar-refractivity contribution is -0.151. The van der Waals surface area contributed by atoms with Crippen LogP contribution in [0, 0.1) is 35.0 Å². The molecule has 18 heavy (non-hydrogen) atoms. The smallest absolute Gasteiger partial charge is 0.298 e. The first-order valence-electron chi connectivity index (χ1n) is 6.88. The summed E-state index contributed by atoms with van der Waals surface area (Å²) in [6.07, 6.45) is 5.04. The molecular weight excluding hydrogens is 222 g/mol. The van der Waals surface area contributed by atoms with Gasteiger partial charge in [0, 0.05) is 24.4 Å². The second-order valence-corrected chi connectivity index (χ2v) is 6.62. The molecule has 3 fully saturated rings. The molecule has 1 aliphatic heterocycles. The third-order valence-electron chi connectivity index (χ3n) is 4.63. The van der Waals surface area contributed by atoms with Crippen LogP contribution in [0.1, 0.15) is 47.0 Å². The fourth-order valence-electron chi connectivity index (χ4n) is 3.16. The normalized spacial score (nSPS) is 24.7. The standard InChI is InChI=1S/C15H21NO.CH4/c1-11(2)13-7-15(8-13)9-16(10-15)14(17)6-5-12-3-4-12;/h11-13H,3-4,7-10H2,1-2H3;1H4. The summed E-state index contributed by atoms with van der Waals surface area (Å²) in [7, 11) is 0. The van der Waals surface area contributed by atoms with E-state index in [4.69, 9.17) is 0 Å². The van der Waals surface area contributed by atoms with Crippen LogP contribution < -0.4 is 0 Å². The Kier molecular flexibility index (Phi) is 3.45. The molecular formula is C16H25NO. The molecule has 1 spiro atoms. The van der Waals surface area contributed by atoms with Crippen LogP contribution in [-0.4, -0.2) is 23.9 Å². The summed E-state index contributed by atoms with van der Waals surface area (Å²) in [5.41, 5.74) is 0.492. The number of rotatable bonds is 1. The number of likely N-dealkylation sites (tertiary alicyclic amines) is 1. The van der Waals surface area contributed by atoms with Crippen molar-refractivity contribution in [3.8, 4) is 11.8 Å². The summed E-state index contributed by atoms with van der Waals surface area (Å²) in [4.78, 5) is 13.7. The average Bonchev–Trinajstić information content (AvgIpc) is 2.92. The lowest BCUT2D eigenvalue weighted by atomic mass is 9.55. The van der Waals surface area contributed by atoms with E-state index in [-0.39, 0.29) is 13.3 Å². The lowest BCUT2D eigenvalue weighted by Gasteiger charge is -2.59. The predicted octanol–water partition coefficient (Wildman–Crippen LogP) is 2.93. The lowest BCUT2D eigenvalue weighted by Crippen LogP contribution is -2.64. The fraction of sp³-hybridized carbons (Fsp3) is 0.812. The summed E-state index contributed by atoms with van der Waals surface area (Å²) in [6.45, 7) is 6.54. The topological polar surface area (TPSA) is 20.3 Å². The maximum absolute atomic E-state index is 11.8. The molecule has 2 heteroatoms. The van der Waals surface area contributed by atoms with Gasteiger partial charge in [0.25, 0.3) is 5.91 Å². The minimum atomic E-state index is 0. The number of nitrogens with zero attached hydrogens (tertiary/aromatic N) is 1. The number of amides is 1. The first kappa shape index (κ1) is 13.5. The van der Waals surface area contributed by atoms with E-state index in [2.05, 4.69) is 25.7 Å². The Morgan fingerprint density at radius 3 is 2.39 bits per heavy atom. The van der Waals surface area contributed by atoms with Gasteiger partial charge in [-0.05, 0) is 43.4 Å². The second-order valence-electron chi connectivity index (χ2n) is 6.62. The molecule has 0 aromatic carbocycles. The molecule has 0 radical (unpaired) electrons. The number of carbonyl (C=O) groups excluding carboxylic acids is 1. The zero-order valence-electron chi connectivity index (χ0n) is 10.8. The van der Waals surface area contributed by atoms with Crippen molar-refractivity contribution < 1.29 is 4.79 Å². The largest absolute Gasteiger partial charge is 0.331 e. The van der Waals surface area contributed by atoms with Gasteiger partial charge in [-0.1, -0.05) is 27.2 Å². The Labute approximate surface area is 111 Å². The Balaban J connectivity index is 0.00000120. The third kappa shape index (κ3) is 2.41. The zero-order chi connectivity index (χ0) is 12.0. The molecule has 0 aromatic rings. The quantitative estimate of drug-likeness (QED) is 0.652. The van der Waals surface area contributed by atoms with E-state index in [0.717, 1.165) is 24.9 Å². The summed E-state index contributed by atoms with van der Waals surface area (Å²) < 4.78 is 0. The molecule has 1 heterocycles. The Morgan fingerprint density at radius 1 is 1.28 bits per heavy atom. The summed E-state index contributed by atoms with van der Waals surface area (Å²) in [5.74, 6) is 8.15. The number of carbonyl (C=O) groups is 1. The fourth-order valence-corrected chi connectivity index (χ4v) is 3.16. The van der Waals surface area contributed by atoms with Gasteiger partial charge in [-0.2, -0.15) is 0 Å². The highest BCUT2D eigenvalue weighted by molar-refractivity contribution is 5.94. The molecule has 100 valence electrons. The molecule has 0 unspecified atom stereocenters. The van der Waals surface area contributed by atoms with Gasteiger partial charge >= 0.3 is 0 Å². The monoisotopic (exact) mass is 247 g/mol. The summed E-state index contributed by atoms with van der Waals surface area (Å²) in [5, 5.41) is 0. The Bertz CT molecular complexity index is 383. The van der Waals surface area contributed by atoms with Gasteiger partial charge in [-0.15, -0.1) is 0 Å². The second kappa shape index (κ2) is 4.61. The van der Waals surface area contributed by atoms with Crippen LogP contribution in [0.4, 0.5) is 0 Å². The molecule has 0 bridgehead atoms. The summed E-state index contributed by atoms with van der Waals surface area (Å²) in [6, 6.07) is 0. The van der Waals surface area contributed by atoms with E-state index in [0.29, 0.717) is 11.3 Å². The third-order valence-corrected chi connectivity index (χ3v) is 4.63. The maximum atomic E-state index is 11.8. The Morgan fingerprint density at radius 2 is 1.89 bits per heavy atom. The van der Waals surface area contributed by atoms with Crippen molar-refractivity contribution in [1.82, 2.24) is 4.90 Å². The van der Waals surface area contributed by atoms with Crippen molar-refractivity contribution in [3.63, 3.8) is 0 Å². The maximum Gasteiger partial charge on any atom is 0.298 e. The van der Waals surface area contributed by atoms with E-state index < -0.39 is 0 Å². The minimum absolute atomic E-state index is 0. The van der Waals surface area contributed by atoms with Gasteiger partial charge in [-0.3, -0.25) is 4.79 Å². The molecule has 3 rings (SSSR count). The van der Waals surface area contributed by atoms with Crippen LogP contribution in [0.2, 0.25) is 0 Å². The molecule has 3 aliphatic rings. The van der Waals surface area contributed by atoms with Crippen LogP contribution in [0.5, 0.6) is 0 Å². The predicted molar refractivity (Wildman–Crippen MR) is 73.8 cm³/mol. The highest BCUT2D eigenvalue weighted by Crippen LogP contribution is 2.54. The number of hydrogen-bond acceptors (Lipinski definition) is 1. The highest BCUT2D eigenvalue weighted by Gasteiger charge is 2.53. The van der Waals surface area contributed by atoms with Crippen LogP contribution in [0.25, 0.3) is 0 Å². The van der Waals surface area contributed by atoms with Crippen molar-refractivity contribution in [2.75, 3.05) is 13.1 Å². The van der Waals surface area contributed by atoms with E-state index in [9.17, 15) is 4.79 Å². The van der Waals surface area contributed by atoms with Crippen LogP contribution >= 0.6 is 0 Å².